The van der Waals surface area contributed by atoms with Crippen LogP contribution < -0.4 is 5.32 Å². The van der Waals surface area contributed by atoms with Crippen molar-refractivity contribution in [3.63, 3.8) is 0 Å². The third kappa shape index (κ3) is 6.10. The average molecular weight is 235 g/mol. The summed E-state index contributed by atoms with van der Waals surface area (Å²) in [7, 11) is 0. The van der Waals surface area contributed by atoms with Gasteiger partial charge >= 0.3 is 0 Å². The second kappa shape index (κ2) is 9.88. The van der Waals surface area contributed by atoms with Gasteiger partial charge in [0, 0.05) is 18.9 Å². The molecule has 1 aliphatic heterocycles. The zero-order valence-corrected chi connectivity index (χ0v) is 11.3. The van der Waals surface area contributed by atoms with Crippen molar-refractivity contribution in [1.82, 2.24) is 5.32 Å². The van der Waals surface area contributed by atoms with E-state index in [2.05, 4.69) is 18.0 Å². The molecule has 1 fully saturated rings. The highest BCUT2D eigenvalue weighted by Crippen LogP contribution is 2.20. The van der Waals surface area contributed by atoms with Gasteiger partial charge in [0.2, 0.25) is 5.91 Å². The van der Waals surface area contributed by atoms with Gasteiger partial charge in [-0.05, 0) is 25.3 Å². The largest absolute Gasteiger partial charge is 0.355 e. The first kappa shape index (κ1) is 15.7. The lowest BCUT2D eigenvalue weighted by molar-refractivity contribution is -0.120. The first-order chi connectivity index (χ1) is 8.27. The van der Waals surface area contributed by atoms with Crippen LogP contribution in [-0.4, -0.2) is 12.5 Å². The number of allylic oxidation sites excluding steroid dienone is 4. The van der Waals surface area contributed by atoms with Gasteiger partial charge in [0.05, 0.1) is 0 Å². The van der Waals surface area contributed by atoms with Crippen LogP contribution in [0.25, 0.3) is 0 Å². The number of nitrogens with one attached hydrogen (secondary N) is 1. The summed E-state index contributed by atoms with van der Waals surface area (Å²) in [5, 5.41) is 2.93. The van der Waals surface area contributed by atoms with Crippen molar-refractivity contribution in [3.8, 4) is 0 Å². The molecule has 0 bridgehead atoms. The van der Waals surface area contributed by atoms with E-state index in [0.29, 0.717) is 12.3 Å². The van der Waals surface area contributed by atoms with Gasteiger partial charge in [-0.15, -0.1) is 0 Å². The fourth-order valence-electron chi connectivity index (χ4n) is 1.80. The molecular formula is C15H25NO. The Bertz CT molecular complexity index is 289. The Hall–Kier alpha value is -1.31. The third-order valence-electron chi connectivity index (χ3n) is 2.69. The molecule has 2 heteroatoms. The van der Waals surface area contributed by atoms with Crippen LogP contribution in [0.1, 0.15) is 40.0 Å². The molecule has 0 aromatic heterocycles. The Morgan fingerprint density at radius 1 is 1.47 bits per heavy atom. The summed E-state index contributed by atoms with van der Waals surface area (Å²) in [5.41, 5.74) is 1.22. The first-order valence-electron chi connectivity index (χ1n) is 6.50. The highest BCUT2D eigenvalue weighted by atomic mass is 16.1. The van der Waals surface area contributed by atoms with Gasteiger partial charge < -0.3 is 5.32 Å². The molecule has 1 saturated heterocycles. The van der Waals surface area contributed by atoms with E-state index in [1.165, 1.54) is 5.57 Å². The summed E-state index contributed by atoms with van der Waals surface area (Å²) >= 11 is 0. The maximum Gasteiger partial charge on any atom is 0.220 e. The van der Waals surface area contributed by atoms with E-state index in [-0.39, 0.29) is 5.91 Å². The zero-order valence-electron chi connectivity index (χ0n) is 11.3. The summed E-state index contributed by atoms with van der Waals surface area (Å²) in [6, 6.07) is 0. The topological polar surface area (TPSA) is 29.1 Å². The first-order valence-corrected chi connectivity index (χ1v) is 6.50. The normalized spacial score (nSPS) is 21.2. The lowest BCUT2D eigenvalue weighted by atomic mass is 9.94. The summed E-state index contributed by atoms with van der Waals surface area (Å²) in [4.78, 5) is 11.2. The maximum atomic E-state index is 11.2. The molecule has 0 saturated carbocycles. The van der Waals surface area contributed by atoms with Crippen molar-refractivity contribution < 1.29 is 4.79 Å². The van der Waals surface area contributed by atoms with Crippen molar-refractivity contribution in [3.05, 3.63) is 36.5 Å². The van der Waals surface area contributed by atoms with Crippen molar-refractivity contribution in [2.45, 2.75) is 40.0 Å². The van der Waals surface area contributed by atoms with Crippen molar-refractivity contribution in [1.29, 1.82) is 0 Å². The molecule has 1 unspecified atom stereocenters. The average Bonchev–Trinajstić information content (AvgIpc) is 2.58. The van der Waals surface area contributed by atoms with E-state index in [1.54, 1.807) is 0 Å². The summed E-state index contributed by atoms with van der Waals surface area (Å²) in [6.45, 7) is 10.6. The van der Waals surface area contributed by atoms with Crippen LogP contribution in [0, 0.1) is 5.92 Å². The summed E-state index contributed by atoms with van der Waals surface area (Å²) in [5.74, 6) is 0.595. The number of hydrogen-bond donors (Lipinski definition) is 1. The molecule has 1 atom stereocenters. The number of carbonyl (C=O) groups excluding carboxylic acids is 1. The molecule has 96 valence electrons. The fourth-order valence-corrected chi connectivity index (χ4v) is 1.80. The number of hydrogen-bond acceptors (Lipinski definition) is 1. The third-order valence-corrected chi connectivity index (χ3v) is 2.69. The second-order valence-electron chi connectivity index (χ2n) is 3.79. The van der Waals surface area contributed by atoms with E-state index in [0.717, 1.165) is 19.4 Å². The minimum atomic E-state index is 0.173. The Morgan fingerprint density at radius 3 is 2.76 bits per heavy atom. The molecule has 0 spiro atoms. The molecule has 0 aliphatic carbocycles. The SMILES string of the molecule is C=C/C(=C\C=C/C)C1CCCC(=O)NC1.CC. The highest BCUT2D eigenvalue weighted by Gasteiger charge is 2.17. The van der Waals surface area contributed by atoms with E-state index < -0.39 is 0 Å². The van der Waals surface area contributed by atoms with Crippen molar-refractivity contribution in [2.75, 3.05) is 6.54 Å². The summed E-state index contributed by atoms with van der Waals surface area (Å²) in [6.07, 6.45) is 10.7. The lowest BCUT2D eigenvalue weighted by Gasteiger charge is -2.14. The van der Waals surface area contributed by atoms with Gasteiger partial charge in [0.15, 0.2) is 0 Å². The van der Waals surface area contributed by atoms with Crippen molar-refractivity contribution in [2.24, 2.45) is 5.92 Å². The van der Waals surface area contributed by atoms with Crippen LogP contribution in [0.15, 0.2) is 36.5 Å². The second-order valence-corrected chi connectivity index (χ2v) is 3.79. The van der Waals surface area contributed by atoms with Crippen LogP contribution in [0.3, 0.4) is 0 Å². The molecule has 0 aromatic rings. The Morgan fingerprint density at radius 2 is 2.18 bits per heavy atom. The van der Waals surface area contributed by atoms with E-state index in [9.17, 15) is 4.79 Å². The Kier molecular flexibility index (Phi) is 9.12. The van der Waals surface area contributed by atoms with Crippen molar-refractivity contribution >= 4 is 5.91 Å². The van der Waals surface area contributed by atoms with Gasteiger partial charge in [0.25, 0.3) is 0 Å². The quantitative estimate of drug-likeness (QED) is 0.744. The smallest absolute Gasteiger partial charge is 0.220 e. The van der Waals surface area contributed by atoms with E-state index in [1.807, 2.05) is 39.0 Å². The van der Waals surface area contributed by atoms with Gasteiger partial charge in [0.1, 0.15) is 0 Å². The van der Waals surface area contributed by atoms with Crippen LogP contribution in [0.4, 0.5) is 0 Å². The number of amides is 1. The van der Waals surface area contributed by atoms with E-state index >= 15 is 0 Å². The molecule has 1 rings (SSSR count). The predicted molar refractivity (Wildman–Crippen MR) is 74.8 cm³/mol. The molecule has 2 nitrogen and oxygen atoms in total. The van der Waals surface area contributed by atoms with Crippen LogP contribution in [0.5, 0.6) is 0 Å². The van der Waals surface area contributed by atoms with Gasteiger partial charge in [-0.3, -0.25) is 4.79 Å². The predicted octanol–water partition coefficient (Wildman–Crippen LogP) is 3.62. The van der Waals surface area contributed by atoms with Gasteiger partial charge in [-0.1, -0.05) is 44.7 Å². The molecule has 17 heavy (non-hydrogen) atoms. The number of rotatable bonds is 3. The van der Waals surface area contributed by atoms with Gasteiger partial charge in [-0.25, -0.2) is 0 Å². The zero-order chi connectivity index (χ0) is 13.1. The minimum Gasteiger partial charge on any atom is -0.355 e. The highest BCUT2D eigenvalue weighted by molar-refractivity contribution is 5.76. The molecule has 1 aliphatic rings. The minimum absolute atomic E-state index is 0.173. The molecule has 1 N–H and O–H groups in total. The number of carbonyl (C=O) groups is 1. The standard InChI is InChI=1S/C13H19NO.C2H6/c1-3-5-7-11(4-2)12-8-6-9-13(15)14-10-12;1-2/h3-5,7,12H,2,6,8-10H2,1H3,(H,14,15);1-2H3/b5-3-,11-7+;. The molecular weight excluding hydrogens is 210 g/mol. The molecule has 1 heterocycles. The Labute approximate surface area is 105 Å². The fraction of sp³-hybridized carbons (Fsp3) is 0.533. The van der Waals surface area contributed by atoms with Crippen LogP contribution in [-0.2, 0) is 4.79 Å². The summed E-state index contributed by atoms with van der Waals surface area (Å²) < 4.78 is 0. The van der Waals surface area contributed by atoms with E-state index in [4.69, 9.17) is 0 Å². The molecule has 0 aromatic carbocycles. The van der Waals surface area contributed by atoms with Crippen LogP contribution >= 0.6 is 0 Å². The molecule has 1 amide bonds. The lowest BCUT2D eigenvalue weighted by Crippen LogP contribution is -2.26. The van der Waals surface area contributed by atoms with Crippen LogP contribution in [0.2, 0.25) is 0 Å². The monoisotopic (exact) mass is 235 g/mol. The maximum absolute atomic E-state index is 11.2. The Balaban J connectivity index is 0.00000121. The molecule has 0 radical (unpaired) electrons. The van der Waals surface area contributed by atoms with Gasteiger partial charge in [-0.2, -0.15) is 0 Å².